The molecule has 73 valence electrons. The van der Waals surface area contributed by atoms with Gasteiger partial charge in [0.2, 0.25) is 0 Å². The third kappa shape index (κ3) is 1.67. The summed E-state index contributed by atoms with van der Waals surface area (Å²) in [5, 5.41) is 2.31. The highest BCUT2D eigenvalue weighted by molar-refractivity contribution is 5.88. The lowest BCUT2D eigenvalue weighted by Gasteiger charge is -2.09. The molecule has 0 heterocycles. The van der Waals surface area contributed by atoms with E-state index in [-0.39, 0.29) is 0 Å². The highest BCUT2D eigenvalue weighted by atomic mass is 16.5. The lowest BCUT2D eigenvalue weighted by Crippen LogP contribution is -1.92. The summed E-state index contributed by atoms with van der Waals surface area (Å²) < 4.78 is 5.28. The fourth-order valence-electron chi connectivity index (χ4n) is 1.78. The lowest BCUT2D eigenvalue weighted by atomic mass is 10.0. The highest BCUT2D eigenvalue weighted by Crippen LogP contribution is 2.27. The Morgan fingerprint density at radius 3 is 2.73 bits per heavy atom. The van der Waals surface area contributed by atoms with Crippen LogP contribution in [-0.2, 0) is 6.42 Å². The first-order valence-corrected chi connectivity index (χ1v) is 4.81. The van der Waals surface area contributed by atoms with Crippen molar-refractivity contribution in [2.24, 2.45) is 0 Å². The van der Waals surface area contributed by atoms with Crippen LogP contribution in [0.3, 0.4) is 0 Å². The van der Waals surface area contributed by atoms with Gasteiger partial charge in [0.25, 0.3) is 0 Å². The topological polar surface area (TPSA) is 9.23 Å². The molecule has 1 heteroatoms. The van der Waals surface area contributed by atoms with Gasteiger partial charge in [-0.05, 0) is 23.3 Å². The van der Waals surface area contributed by atoms with Crippen LogP contribution in [-0.4, -0.2) is 7.11 Å². The Morgan fingerprint density at radius 1 is 1.20 bits per heavy atom. The molecule has 2 aromatic rings. The molecule has 0 aromatic heterocycles. The van der Waals surface area contributed by atoms with Crippen LogP contribution in [0.25, 0.3) is 10.8 Å². The molecule has 0 unspecified atom stereocenters. The molecule has 0 spiro atoms. The van der Waals surface area contributed by atoms with Crippen LogP contribution in [0.4, 0.5) is 0 Å². The van der Waals surface area contributed by atoms with Crippen LogP contribution in [0.2, 0.25) is 0 Å². The minimum atomic E-state index is 0.491. The number of fused-ring (bicyclic) bond motifs is 1. The second-order valence-corrected chi connectivity index (χ2v) is 3.32. The molecule has 0 bridgehead atoms. The fourth-order valence-corrected chi connectivity index (χ4v) is 1.78. The summed E-state index contributed by atoms with van der Waals surface area (Å²) in [4.78, 5) is 0. The fraction of sp³-hybridized carbons (Fsp3) is 0.143. The normalized spacial score (nSPS) is 9.87. The van der Waals surface area contributed by atoms with Crippen molar-refractivity contribution >= 4 is 10.8 Å². The first-order chi connectivity index (χ1) is 7.36. The Bertz CT molecular complexity index is 520. The van der Waals surface area contributed by atoms with E-state index in [1.165, 1.54) is 5.39 Å². The predicted octanol–water partition coefficient (Wildman–Crippen LogP) is 2.98. The Morgan fingerprint density at radius 2 is 2.00 bits per heavy atom. The Kier molecular flexibility index (Phi) is 2.60. The van der Waals surface area contributed by atoms with E-state index < -0.39 is 0 Å². The van der Waals surface area contributed by atoms with Crippen LogP contribution >= 0.6 is 0 Å². The zero-order valence-corrected chi connectivity index (χ0v) is 8.58. The van der Waals surface area contributed by atoms with E-state index in [4.69, 9.17) is 11.2 Å². The minimum Gasteiger partial charge on any atom is -0.496 e. The van der Waals surface area contributed by atoms with Crippen molar-refractivity contribution < 1.29 is 4.74 Å². The SMILES string of the molecule is [C]#CCc1c(OC)ccc2ccccc12. The zero-order valence-electron chi connectivity index (χ0n) is 8.58. The summed E-state index contributed by atoms with van der Waals surface area (Å²) in [5.74, 6) is 3.25. The first-order valence-electron chi connectivity index (χ1n) is 4.81. The third-order valence-corrected chi connectivity index (χ3v) is 2.48. The van der Waals surface area contributed by atoms with Crippen LogP contribution in [0.15, 0.2) is 36.4 Å². The molecule has 0 fully saturated rings. The number of rotatable bonds is 2. The van der Waals surface area contributed by atoms with Gasteiger partial charge in [0.05, 0.1) is 7.11 Å². The molecule has 0 N–H and O–H groups in total. The Balaban J connectivity index is 2.74. The maximum absolute atomic E-state index is 7.08. The van der Waals surface area contributed by atoms with Gasteiger partial charge in [-0.2, -0.15) is 0 Å². The molecular formula is C14H11O. The molecular weight excluding hydrogens is 184 g/mol. The number of methoxy groups -OCH3 is 1. The van der Waals surface area contributed by atoms with Crippen molar-refractivity contribution in [1.82, 2.24) is 0 Å². The van der Waals surface area contributed by atoms with Gasteiger partial charge in [-0.15, -0.1) is 0 Å². The van der Waals surface area contributed by atoms with Crippen molar-refractivity contribution in [2.75, 3.05) is 7.11 Å². The monoisotopic (exact) mass is 195 g/mol. The van der Waals surface area contributed by atoms with Gasteiger partial charge in [0.15, 0.2) is 0 Å². The van der Waals surface area contributed by atoms with Gasteiger partial charge in [0, 0.05) is 12.0 Å². The van der Waals surface area contributed by atoms with Gasteiger partial charge in [-0.1, -0.05) is 36.3 Å². The molecule has 1 radical (unpaired) electrons. The number of ether oxygens (including phenoxy) is 1. The van der Waals surface area contributed by atoms with Crippen molar-refractivity contribution in [3.05, 3.63) is 48.4 Å². The largest absolute Gasteiger partial charge is 0.496 e. The summed E-state index contributed by atoms with van der Waals surface area (Å²) in [5.41, 5.74) is 1.03. The summed E-state index contributed by atoms with van der Waals surface area (Å²) in [6.07, 6.45) is 7.57. The maximum atomic E-state index is 7.08. The smallest absolute Gasteiger partial charge is 0.123 e. The van der Waals surface area contributed by atoms with Crippen molar-refractivity contribution in [3.8, 4) is 11.7 Å². The molecule has 2 aromatic carbocycles. The molecule has 0 aliphatic carbocycles. The lowest BCUT2D eigenvalue weighted by molar-refractivity contribution is 0.411. The average molecular weight is 195 g/mol. The number of hydrogen-bond acceptors (Lipinski definition) is 1. The van der Waals surface area contributed by atoms with Crippen molar-refractivity contribution in [1.29, 1.82) is 0 Å². The molecule has 0 saturated carbocycles. The highest BCUT2D eigenvalue weighted by Gasteiger charge is 2.06. The van der Waals surface area contributed by atoms with Gasteiger partial charge in [-0.25, -0.2) is 0 Å². The molecule has 0 amide bonds. The second kappa shape index (κ2) is 4.06. The summed E-state index contributed by atoms with van der Waals surface area (Å²) in [7, 11) is 1.65. The quantitative estimate of drug-likeness (QED) is 0.669. The van der Waals surface area contributed by atoms with E-state index in [9.17, 15) is 0 Å². The molecule has 0 atom stereocenters. The van der Waals surface area contributed by atoms with Crippen molar-refractivity contribution in [3.63, 3.8) is 0 Å². The molecule has 0 aliphatic rings. The Labute approximate surface area is 89.7 Å². The van der Waals surface area contributed by atoms with Crippen LogP contribution in [0.1, 0.15) is 5.56 Å². The molecule has 15 heavy (non-hydrogen) atoms. The molecule has 1 nitrogen and oxygen atoms in total. The van der Waals surface area contributed by atoms with Gasteiger partial charge >= 0.3 is 0 Å². The summed E-state index contributed by atoms with van der Waals surface area (Å²) in [6.45, 7) is 0. The minimum absolute atomic E-state index is 0.491. The van der Waals surface area contributed by atoms with E-state index in [0.29, 0.717) is 6.42 Å². The second-order valence-electron chi connectivity index (χ2n) is 3.32. The van der Waals surface area contributed by atoms with Crippen LogP contribution < -0.4 is 4.74 Å². The van der Waals surface area contributed by atoms with Gasteiger partial charge < -0.3 is 4.74 Å². The Hall–Kier alpha value is -1.94. The van der Waals surface area contributed by atoms with E-state index in [0.717, 1.165) is 16.7 Å². The zero-order chi connectivity index (χ0) is 10.7. The predicted molar refractivity (Wildman–Crippen MR) is 61.3 cm³/mol. The molecule has 2 rings (SSSR count). The van der Waals surface area contributed by atoms with Gasteiger partial charge in [-0.3, -0.25) is 0 Å². The molecule has 0 saturated heterocycles. The summed E-state index contributed by atoms with van der Waals surface area (Å²) in [6, 6.07) is 12.1. The van der Waals surface area contributed by atoms with E-state index in [1.54, 1.807) is 7.11 Å². The third-order valence-electron chi connectivity index (χ3n) is 2.48. The summed E-state index contributed by atoms with van der Waals surface area (Å²) >= 11 is 0. The number of hydrogen-bond donors (Lipinski definition) is 0. The molecule has 0 aliphatic heterocycles. The van der Waals surface area contributed by atoms with Crippen molar-refractivity contribution in [2.45, 2.75) is 6.42 Å². The average Bonchev–Trinajstić information content (AvgIpc) is 2.30. The van der Waals surface area contributed by atoms with Gasteiger partial charge in [0.1, 0.15) is 5.75 Å². The standard InChI is InChI=1S/C14H11O/c1-3-6-13-12-8-5-4-7-11(12)9-10-14(13)15-2/h4-5,7-10H,6H2,2H3. The van der Waals surface area contributed by atoms with E-state index in [2.05, 4.69) is 12.0 Å². The first kappa shape index (κ1) is 9.61. The van der Waals surface area contributed by atoms with Crippen LogP contribution in [0, 0.1) is 12.3 Å². The maximum Gasteiger partial charge on any atom is 0.123 e. The number of benzene rings is 2. The van der Waals surface area contributed by atoms with Crippen LogP contribution in [0.5, 0.6) is 5.75 Å². The van der Waals surface area contributed by atoms with E-state index in [1.807, 2.05) is 30.3 Å². The van der Waals surface area contributed by atoms with E-state index >= 15 is 0 Å².